The highest BCUT2D eigenvalue weighted by Crippen LogP contribution is 2.29. The molecule has 2 aromatic carbocycles. The fourth-order valence-corrected chi connectivity index (χ4v) is 5.18. The lowest BCUT2D eigenvalue weighted by molar-refractivity contribution is 0.385. The average Bonchev–Trinajstić information content (AvgIpc) is 3.17. The number of anilines is 1. The SMILES string of the molecule is COc1ccc(N2CCN(S(=O)(=O)c3cn(C)nc3-c3ccccc3)CC2)cc1. The second kappa shape index (κ2) is 7.88. The normalized spacial score (nSPS) is 15.4. The first-order chi connectivity index (χ1) is 14.0. The van der Waals surface area contributed by atoms with Crippen molar-refractivity contribution in [3.8, 4) is 17.0 Å². The molecule has 7 nitrogen and oxygen atoms in total. The Morgan fingerprint density at radius 1 is 0.931 bits per heavy atom. The second-order valence-corrected chi connectivity index (χ2v) is 8.88. The van der Waals surface area contributed by atoms with Gasteiger partial charge in [-0.3, -0.25) is 4.68 Å². The van der Waals surface area contributed by atoms with E-state index in [0.717, 1.165) is 17.0 Å². The predicted molar refractivity (Wildman–Crippen MR) is 113 cm³/mol. The third-order valence-corrected chi connectivity index (χ3v) is 7.04. The van der Waals surface area contributed by atoms with Gasteiger partial charge < -0.3 is 9.64 Å². The summed E-state index contributed by atoms with van der Waals surface area (Å²) in [4.78, 5) is 2.44. The topological polar surface area (TPSA) is 67.7 Å². The fourth-order valence-electron chi connectivity index (χ4n) is 3.57. The molecule has 0 aliphatic carbocycles. The van der Waals surface area contributed by atoms with Gasteiger partial charge in [0.25, 0.3) is 0 Å². The molecule has 0 bridgehead atoms. The van der Waals surface area contributed by atoms with Crippen LogP contribution in [-0.2, 0) is 17.1 Å². The zero-order valence-electron chi connectivity index (χ0n) is 16.5. The Hall–Kier alpha value is -2.84. The van der Waals surface area contributed by atoms with Crippen LogP contribution in [0.3, 0.4) is 0 Å². The van der Waals surface area contributed by atoms with Gasteiger partial charge in [0.15, 0.2) is 0 Å². The minimum Gasteiger partial charge on any atom is -0.497 e. The first-order valence-corrected chi connectivity index (χ1v) is 10.9. The van der Waals surface area contributed by atoms with E-state index in [0.29, 0.717) is 31.9 Å². The van der Waals surface area contributed by atoms with Crippen LogP contribution in [0.25, 0.3) is 11.3 Å². The second-order valence-electron chi connectivity index (χ2n) is 6.97. The van der Waals surface area contributed by atoms with Gasteiger partial charge in [-0.05, 0) is 24.3 Å². The molecule has 1 saturated heterocycles. The summed E-state index contributed by atoms with van der Waals surface area (Å²) in [5.74, 6) is 0.806. The number of ether oxygens (including phenoxy) is 1. The number of aryl methyl sites for hydroxylation is 1. The average molecular weight is 413 g/mol. The molecule has 1 aromatic heterocycles. The molecule has 3 aromatic rings. The van der Waals surface area contributed by atoms with Crippen LogP contribution in [-0.4, -0.2) is 55.8 Å². The van der Waals surface area contributed by atoms with Crippen molar-refractivity contribution in [3.63, 3.8) is 0 Å². The van der Waals surface area contributed by atoms with Gasteiger partial charge in [0.1, 0.15) is 16.3 Å². The van der Waals surface area contributed by atoms with Crippen molar-refractivity contribution in [1.29, 1.82) is 0 Å². The molecule has 0 N–H and O–H groups in total. The van der Waals surface area contributed by atoms with E-state index in [-0.39, 0.29) is 4.90 Å². The number of aromatic nitrogens is 2. The van der Waals surface area contributed by atoms with E-state index in [4.69, 9.17) is 4.74 Å². The molecule has 0 unspecified atom stereocenters. The van der Waals surface area contributed by atoms with Gasteiger partial charge in [-0.15, -0.1) is 0 Å². The monoisotopic (exact) mass is 412 g/mol. The molecule has 0 amide bonds. The van der Waals surface area contributed by atoms with Crippen LogP contribution in [0.1, 0.15) is 0 Å². The van der Waals surface area contributed by atoms with Gasteiger partial charge in [-0.25, -0.2) is 8.42 Å². The van der Waals surface area contributed by atoms with E-state index in [2.05, 4.69) is 10.00 Å². The molecule has 4 rings (SSSR count). The highest BCUT2D eigenvalue weighted by atomic mass is 32.2. The number of sulfonamides is 1. The molecule has 29 heavy (non-hydrogen) atoms. The highest BCUT2D eigenvalue weighted by Gasteiger charge is 2.32. The number of benzene rings is 2. The quantitative estimate of drug-likeness (QED) is 0.644. The lowest BCUT2D eigenvalue weighted by Gasteiger charge is -2.35. The fraction of sp³-hybridized carbons (Fsp3) is 0.286. The predicted octanol–water partition coefficient (Wildman–Crippen LogP) is 2.61. The van der Waals surface area contributed by atoms with Crippen molar-refractivity contribution in [2.24, 2.45) is 7.05 Å². The van der Waals surface area contributed by atoms with Gasteiger partial charge in [0.05, 0.1) is 7.11 Å². The minimum absolute atomic E-state index is 0.254. The van der Waals surface area contributed by atoms with Gasteiger partial charge >= 0.3 is 0 Å². The van der Waals surface area contributed by atoms with Crippen molar-refractivity contribution in [2.75, 3.05) is 38.2 Å². The Labute approximate surface area is 171 Å². The Bertz CT molecular complexity index is 1070. The summed E-state index contributed by atoms with van der Waals surface area (Å²) >= 11 is 0. The van der Waals surface area contributed by atoms with Crippen LogP contribution in [0.4, 0.5) is 5.69 Å². The van der Waals surface area contributed by atoms with Crippen molar-refractivity contribution in [3.05, 3.63) is 60.8 Å². The summed E-state index contributed by atoms with van der Waals surface area (Å²) in [6, 6.07) is 17.3. The molecule has 1 aliphatic heterocycles. The van der Waals surface area contributed by atoms with E-state index in [1.807, 2.05) is 54.6 Å². The summed E-state index contributed by atoms with van der Waals surface area (Å²) in [7, 11) is -0.250. The van der Waals surface area contributed by atoms with Crippen LogP contribution < -0.4 is 9.64 Å². The van der Waals surface area contributed by atoms with Crippen molar-refractivity contribution in [2.45, 2.75) is 4.90 Å². The van der Waals surface area contributed by atoms with Gasteiger partial charge in [0.2, 0.25) is 10.0 Å². The first-order valence-electron chi connectivity index (χ1n) is 9.47. The van der Waals surface area contributed by atoms with Crippen molar-refractivity contribution >= 4 is 15.7 Å². The third kappa shape index (κ3) is 3.86. The van der Waals surface area contributed by atoms with Crippen molar-refractivity contribution < 1.29 is 13.2 Å². The molecule has 0 radical (unpaired) electrons. The van der Waals surface area contributed by atoms with Crippen LogP contribution in [0, 0.1) is 0 Å². The maximum absolute atomic E-state index is 13.4. The molecule has 1 fully saturated rings. The maximum atomic E-state index is 13.4. The molecular weight excluding hydrogens is 388 g/mol. The van der Waals surface area contributed by atoms with E-state index >= 15 is 0 Å². The van der Waals surface area contributed by atoms with Crippen LogP contribution in [0.15, 0.2) is 65.7 Å². The highest BCUT2D eigenvalue weighted by molar-refractivity contribution is 7.89. The van der Waals surface area contributed by atoms with E-state index in [1.165, 1.54) is 0 Å². The lowest BCUT2D eigenvalue weighted by Crippen LogP contribution is -2.48. The molecule has 0 saturated carbocycles. The third-order valence-electron chi connectivity index (χ3n) is 5.14. The summed E-state index contributed by atoms with van der Waals surface area (Å²) in [6.07, 6.45) is 1.59. The van der Waals surface area contributed by atoms with Gasteiger partial charge in [-0.2, -0.15) is 9.40 Å². The van der Waals surface area contributed by atoms with E-state index < -0.39 is 10.0 Å². The summed E-state index contributed by atoms with van der Waals surface area (Å²) in [6.45, 7) is 2.12. The van der Waals surface area contributed by atoms with Gasteiger partial charge in [0, 0.05) is 50.7 Å². The molecular formula is C21H24N4O3S. The zero-order valence-corrected chi connectivity index (χ0v) is 17.3. The zero-order chi connectivity index (χ0) is 20.4. The summed E-state index contributed by atoms with van der Waals surface area (Å²) in [5, 5.41) is 4.41. The summed E-state index contributed by atoms with van der Waals surface area (Å²) < 4.78 is 35.0. The summed E-state index contributed by atoms with van der Waals surface area (Å²) in [5.41, 5.74) is 2.35. The largest absolute Gasteiger partial charge is 0.497 e. The standard InChI is InChI=1S/C21H24N4O3S/c1-23-16-20(21(22-23)17-6-4-3-5-7-17)29(26,27)25-14-12-24(13-15-25)18-8-10-19(28-2)11-9-18/h3-11,16H,12-15H2,1-2H3. The number of piperazine rings is 1. The van der Waals surface area contributed by atoms with Crippen LogP contribution >= 0.6 is 0 Å². The molecule has 8 heteroatoms. The number of nitrogens with zero attached hydrogens (tertiary/aromatic N) is 4. The Kier molecular flexibility index (Phi) is 5.29. The number of hydrogen-bond donors (Lipinski definition) is 0. The lowest BCUT2D eigenvalue weighted by atomic mass is 10.2. The van der Waals surface area contributed by atoms with E-state index in [1.54, 1.807) is 29.3 Å². The minimum atomic E-state index is -3.63. The molecule has 0 spiro atoms. The number of hydrogen-bond acceptors (Lipinski definition) is 5. The molecule has 152 valence electrons. The molecule has 2 heterocycles. The Morgan fingerprint density at radius 3 is 2.21 bits per heavy atom. The number of rotatable bonds is 5. The van der Waals surface area contributed by atoms with Crippen LogP contribution in [0.5, 0.6) is 5.75 Å². The number of methoxy groups -OCH3 is 1. The Morgan fingerprint density at radius 2 is 1.59 bits per heavy atom. The van der Waals surface area contributed by atoms with E-state index in [9.17, 15) is 8.42 Å². The smallest absolute Gasteiger partial charge is 0.246 e. The maximum Gasteiger partial charge on any atom is 0.246 e. The van der Waals surface area contributed by atoms with Crippen LogP contribution in [0.2, 0.25) is 0 Å². The first kappa shape index (κ1) is 19.5. The van der Waals surface area contributed by atoms with Gasteiger partial charge in [-0.1, -0.05) is 30.3 Å². The molecule has 1 aliphatic rings. The Balaban J connectivity index is 1.54. The van der Waals surface area contributed by atoms with Crippen molar-refractivity contribution in [1.82, 2.24) is 14.1 Å². The molecule has 0 atom stereocenters.